The van der Waals surface area contributed by atoms with Crippen LogP contribution < -0.4 is 0 Å². The molecule has 2 heteroatoms. The molecule has 0 aliphatic heterocycles. The summed E-state index contributed by atoms with van der Waals surface area (Å²) >= 11 is 0. The van der Waals surface area contributed by atoms with Gasteiger partial charge in [0.2, 0.25) is 0 Å². The number of ether oxygens (including phenoxy) is 2. The molecule has 17 heavy (non-hydrogen) atoms. The van der Waals surface area contributed by atoms with Crippen LogP contribution in [-0.2, 0) is 9.47 Å². The minimum atomic E-state index is -0.0425. The summed E-state index contributed by atoms with van der Waals surface area (Å²) < 4.78 is 11.6. The molecule has 0 radical (unpaired) electrons. The SMILES string of the molecule is CC(C)(CCCOC(C)(C)C)COC(C)(C)C. The molecule has 0 aromatic rings. The first-order chi connectivity index (χ1) is 7.41. The lowest BCUT2D eigenvalue weighted by Gasteiger charge is -2.30. The normalized spacial score (nSPS) is 14.1. The van der Waals surface area contributed by atoms with Crippen molar-refractivity contribution in [1.82, 2.24) is 0 Å². The lowest BCUT2D eigenvalue weighted by Crippen LogP contribution is -2.28. The van der Waals surface area contributed by atoms with E-state index in [2.05, 4.69) is 55.4 Å². The second kappa shape index (κ2) is 6.19. The molecular weight excluding hydrogens is 212 g/mol. The molecule has 0 bridgehead atoms. The Labute approximate surface area is 108 Å². The fourth-order valence-electron chi connectivity index (χ4n) is 1.41. The van der Waals surface area contributed by atoms with Crippen LogP contribution in [0.2, 0.25) is 0 Å². The molecule has 0 heterocycles. The Morgan fingerprint density at radius 3 is 1.59 bits per heavy atom. The Kier molecular flexibility index (Phi) is 6.16. The van der Waals surface area contributed by atoms with E-state index in [0.29, 0.717) is 0 Å². The second-order valence-corrected chi connectivity index (χ2v) is 7.63. The van der Waals surface area contributed by atoms with Crippen molar-refractivity contribution in [3.63, 3.8) is 0 Å². The lowest BCUT2D eigenvalue weighted by atomic mass is 9.89. The van der Waals surface area contributed by atoms with Gasteiger partial charge in [0.05, 0.1) is 17.8 Å². The summed E-state index contributed by atoms with van der Waals surface area (Å²) in [6.07, 6.45) is 2.23. The van der Waals surface area contributed by atoms with Crippen molar-refractivity contribution in [3.8, 4) is 0 Å². The fraction of sp³-hybridized carbons (Fsp3) is 1.00. The Bertz CT molecular complexity index is 206. The summed E-state index contributed by atoms with van der Waals surface area (Å²) in [6.45, 7) is 18.8. The zero-order valence-electron chi connectivity index (χ0n) is 13.1. The van der Waals surface area contributed by atoms with Crippen LogP contribution in [0.3, 0.4) is 0 Å². The van der Waals surface area contributed by atoms with E-state index in [1.807, 2.05) is 0 Å². The maximum atomic E-state index is 5.85. The van der Waals surface area contributed by atoms with Gasteiger partial charge in [-0.05, 0) is 59.8 Å². The highest BCUT2D eigenvalue weighted by Gasteiger charge is 2.22. The molecule has 0 fully saturated rings. The molecule has 0 aliphatic rings. The zero-order chi connectivity index (χ0) is 13.7. The molecule has 0 amide bonds. The van der Waals surface area contributed by atoms with Gasteiger partial charge in [-0.3, -0.25) is 0 Å². The molecule has 104 valence electrons. The van der Waals surface area contributed by atoms with Crippen LogP contribution in [-0.4, -0.2) is 24.4 Å². The Balaban J connectivity index is 3.79. The highest BCUT2D eigenvalue weighted by molar-refractivity contribution is 4.71. The average Bonchev–Trinajstić information content (AvgIpc) is 2.07. The summed E-state index contributed by atoms with van der Waals surface area (Å²) in [5, 5.41) is 0. The van der Waals surface area contributed by atoms with E-state index in [0.717, 1.165) is 26.1 Å². The molecule has 0 atom stereocenters. The standard InChI is InChI=1S/C15H32O2/c1-13(2,3)16-11-9-10-15(7,8)12-17-14(4,5)6/h9-12H2,1-8H3. The van der Waals surface area contributed by atoms with E-state index in [4.69, 9.17) is 9.47 Å². The van der Waals surface area contributed by atoms with Crippen molar-refractivity contribution >= 4 is 0 Å². The molecular formula is C15H32O2. The summed E-state index contributed by atoms with van der Waals surface area (Å²) in [7, 11) is 0. The van der Waals surface area contributed by atoms with Gasteiger partial charge in [-0.15, -0.1) is 0 Å². The maximum Gasteiger partial charge on any atom is 0.0598 e. The molecule has 2 nitrogen and oxygen atoms in total. The molecule has 0 rings (SSSR count). The third-order valence-corrected chi connectivity index (χ3v) is 2.43. The largest absolute Gasteiger partial charge is 0.376 e. The molecule has 0 aliphatic carbocycles. The Morgan fingerprint density at radius 1 is 0.706 bits per heavy atom. The van der Waals surface area contributed by atoms with Gasteiger partial charge in [0, 0.05) is 6.61 Å². The first kappa shape index (κ1) is 16.9. The first-order valence-electron chi connectivity index (χ1n) is 6.69. The zero-order valence-corrected chi connectivity index (χ0v) is 13.1. The molecule has 0 spiro atoms. The van der Waals surface area contributed by atoms with Crippen molar-refractivity contribution in [2.75, 3.05) is 13.2 Å². The van der Waals surface area contributed by atoms with Crippen LogP contribution in [0.15, 0.2) is 0 Å². The topological polar surface area (TPSA) is 18.5 Å². The van der Waals surface area contributed by atoms with Crippen LogP contribution >= 0.6 is 0 Å². The van der Waals surface area contributed by atoms with Crippen LogP contribution in [0.5, 0.6) is 0 Å². The molecule has 0 aromatic carbocycles. The van der Waals surface area contributed by atoms with Crippen molar-refractivity contribution in [2.45, 2.75) is 79.4 Å². The third-order valence-electron chi connectivity index (χ3n) is 2.43. The first-order valence-corrected chi connectivity index (χ1v) is 6.69. The fourth-order valence-corrected chi connectivity index (χ4v) is 1.41. The second-order valence-electron chi connectivity index (χ2n) is 7.63. The van der Waals surface area contributed by atoms with Crippen molar-refractivity contribution in [1.29, 1.82) is 0 Å². The van der Waals surface area contributed by atoms with Gasteiger partial charge in [0.1, 0.15) is 0 Å². The minimum absolute atomic E-state index is 0.0218. The molecule has 0 unspecified atom stereocenters. The Morgan fingerprint density at radius 2 is 1.18 bits per heavy atom. The summed E-state index contributed by atoms with van der Waals surface area (Å²) in [6, 6.07) is 0. The predicted molar refractivity (Wildman–Crippen MR) is 74.4 cm³/mol. The quantitative estimate of drug-likeness (QED) is 0.644. The van der Waals surface area contributed by atoms with Crippen LogP contribution in [0.25, 0.3) is 0 Å². The number of hydrogen-bond acceptors (Lipinski definition) is 2. The Hall–Kier alpha value is -0.0800. The van der Waals surface area contributed by atoms with E-state index in [1.54, 1.807) is 0 Å². The highest BCUT2D eigenvalue weighted by Crippen LogP contribution is 2.25. The molecule has 0 N–H and O–H groups in total. The number of hydrogen-bond donors (Lipinski definition) is 0. The maximum absolute atomic E-state index is 5.85. The predicted octanol–water partition coefficient (Wildman–Crippen LogP) is 4.42. The van der Waals surface area contributed by atoms with Gasteiger partial charge in [-0.1, -0.05) is 13.8 Å². The van der Waals surface area contributed by atoms with E-state index in [-0.39, 0.29) is 16.6 Å². The van der Waals surface area contributed by atoms with E-state index < -0.39 is 0 Å². The van der Waals surface area contributed by atoms with Crippen LogP contribution in [0.1, 0.15) is 68.2 Å². The van der Waals surface area contributed by atoms with Gasteiger partial charge >= 0.3 is 0 Å². The summed E-state index contributed by atoms with van der Waals surface area (Å²) in [5.41, 5.74) is 0.166. The van der Waals surface area contributed by atoms with E-state index in [9.17, 15) is 0 Å². The van der Waals surface area contributed by atoms with Crippen molar-refractivity contribution < 1.29 is 9.47 Å². The third kappa shape index (κ3) is 12.2. The van der Waals surface area contributed by atoms with Crippen LogP contribution in [0.4, 0.5) is 0 Å². The molecule has 0 aromatic heterocycles. The van der Waals surface area contributed by atoms with E-state index in [1.165, 1.54) is 0 Å². The van der Waals surface area contributed by atoms with Gasteiger partial charge in [-0.25, -0.2) is 0 Å². The molecule has 0 saturated carbocycles. The summed E-state index contributed by atoms with van der Waals surface area (Å²) in [4.78, 5) is 0. The molecule has 0 saturated heterocycles. The van der Waals surface area contributed by atoms with Crippen molar-refractivity contribution in [2.24, 2.45) is 5.41 Å². The monoisotopic (exact) mass is 244 g/mol. The average molecular weight is 244 g/mol. The number of rotatable bonds is 6. The van der Waals surface area contributed by atoms with E-state index >= 15 is 0 Å². The van der Waals surface area contributed by atoms with Gasteiger partial charge < -0.3 is 9.47 Å². The summed E-state index contributed by atoms with van der Waals surface area (Å²) in [5.74, 6) is 0. The van der Waals surface area contributed by atoms with Crippen LogP contribution in [0, 0.1) is 5.41 Å². The van der Waals surface area contributed by atoms with Gasteiger partial charge in [0.15, 0.2) is 0 Å². The van der Waals surface area contributed by atoms with Gasteiger partial charge in [-0.2, -0.15) is 0 Å². The van der Waals surface area contributed by atoms with Gasteiger partial charge in [0.25, 0.3) is 0 Å². The minimum Gasteiger partial charge on any atom is -0.376 e. The highest BCUT2D eigenvalue weighted by atomic mass is 16.5. The van der Waals surface area contributed by atoms with Crippen molar-refractivity contribution in [3.05, 3.63) is 0 Å². The smallest absolute Gasteiger partial charge is 0.0598 e. The lowest BCUT2D eigenvalue weighted by molar-refractivity contribution is -0.0505.